The maximum Gasteiger partial charge on any atom is 0.338 e. The highest BCUT2D eigenvalue weighted by molar-refractivity contribution is 7.92. The largest absolute Gasteiger partial charge is 0.449 e. The number of hydrogen-bond donors (Lipinski definition) is 1. The van der Waals surface area contributed by atoms with Gasteiger partial charge in [0.25, 0.3) is 15.9 Å². The Morgan fingerprint density at radius 3 is 2.53 bits per heavy atom. The summed E-state index contributed by atoms with van der Waals surface area (Å²) in [6, 6.07) is 14.4. The van der Waals surface area contributed by atoms with Crippen molar-refractivity contribution < 1.29 is 22.7 Å². The van der Waals surface area contributed by atoms with Crippen molar-refractivity contribution in [2.45, 2.75) is 36.8 Å². The zero-order chi connectivity index (χ0) is 21.7. The van der Waals surface area contributed by atoms with Crippen molar-refractivity contribution in [2.75, 3.05) is 10.8 Å². The predicted octanol–water partition coefficient (Wildman–Crippen LogP) is 2.89. The van der Waals surface area contributed by atoms with Gasteiger partial charge in [-0.15, -0.1) is 6.58 Å². The summed E-state index contributed by atoms with van der Waals surface area (Å²) >= 11 is 0. The molecular formula is C22H24N2O5S. The van der Waals surface area contributed by atoms with Crippen molar-refractivity contribution in [2.24, 2.45) is 0 Å². The molecule has 0 heterocycles. The van der Waals surface area contributed by atoms with Crippen LogP contribution in [0.2, 0.25) is 0 Å². The van der Waals surface area contributed by atoms with Crippen LogP contribution in [-0.4, -0.2) is 39.0 Å². The summed E-state index contributed by atoms with van der Waals surface area (Å²) in [6.45, 7) is 5.19. The molecule has 0 aromatic heterocycles. The first-order valence-electron chi connectivity index (χ1n) is 9.63. The van der Waals surface area contributed by atoms with Gasteiger partial charge in [-0.05, 0) is 50.1 Å². The Hall–Kier alpha value is -3.13. The Morgan fingerprint density at radius 1 is 1.20 bits per heavy atom. The van der Waals surface area contributed by atoms with Crippen molar-refractivity contribution in [1.82, 2.24) is 5.32 Å². The van der Waals surface area contributed by atoms with Crippen molar-refractivity contribution in [3.63, 3.8) is 0 Å². The Kier molecular flexibility index (Phi) is 6.56. The average Bonchev–Trinajstić information content (AvgIpc) is 3.56. The van der Waals surface area contributed by atoms with Crippen molar-refractivity contribution in [3.05, 3.63) is 72.8 Å². The van der Waals surface area contributed by atoms with E-state index in [1.807, 2.05) is 0 Å². The minimum absolute atomic E-state index is 0.0498. The van der Waals surface area contributed by atoms with E-state index in [0.29, 0.717) is 5.69 Å². The van der Waals surface area contributed by atoms with Crippen molar-refractivity contribution in [3.8, 4) is 0 Å². The average molecular weight is 429 g/mol. The van der Waals surface area contributed by atoms with Gasteiger partial charge in [-0.3, -0.25) is 9.10 Å². The van der Waals surface area contributed by atoms with Crippen molar-refractivity contribution in [1.29, 1.82) is 0 Å². The summed E-state index contributed by atoms with van der Waals surface area (Å²) in [6.07, 6.45) is 2.37. The van der Waals surface area contributed by atoms with Crippen LogP contribution in [0.3, 0.4) is 0 Å². The van der Waals surface area contributed by atoms with Gasteiger partial charge in [0.1, 0.15) is 0 Å². The molecule has 158 valence electrons. The van der Waals surface area contributed by atoms with Gasteiger partial charge in [-0.2, -0.15) is 0 Å². The third-order valence-electron chi connectivity index (χ3n) is 4.57. The zero-order valence-corrected chi connectivity index (χ0v) is 17.5. The number of para-hydroxylation sites is 1. The first kappa shape index (κ1) is 21.6. The smallest absolute Gasteiger partial charge is 0.338 e. The summed E-state index contributed by atoms with van der Waals surface area (Å²) in [5.41, 5.74) is 0.532. The van der Waals surface area contributed by atoms with Gasteiger partial charge in [0.05, 0.1) is 22.7 Å². The molecule has 1 fully saturated rings. The highest BCUT2D eigenvalue weighted by atomic mass is 32.2. The van der Waals surface area contributed by atoms with E-state index >= 15 is 0 Å². The van der Waals surface area contributed by atoms with Gasteiger partial charge >= 0.3 is 5.97 Å². The number of carbonyl (C=O) groups excluding carboxylic acids is 2. The molecule has 1 amide bonds. The van der Waals surface area contributed by atoms with Crippen LogP contribution in [-0.2, 0) is 19.6 Å². The number of nitrogens with one attached hydrogen (secondary N) is 1. The number of hydrogen-bond acceptors (Lipinski definition) is 5. The van der Waals surface area contributed by atoms with E-state index in [9.17, 15) is 18.0 Å². The van der Waals surface area contributed by atoms with E-state index in [1.54, 1.807) is 30.3 Å². The zero-order valence-electron chi connectivity index (χ0n) is 16.7. The number of carbonyl (C=O) groups is 2. The fraction of sp³-hybridized carbons (Fsp3) is 0.273. The molecule has 0 spiro atoms. The Balaban J connectivity index is 1.81. The molecule has 2 aromatic rings. The second-order valence-corrected chi connectivity index (χ2v) is 8.88. The van der Waals surface area contributed by atoms with Crippen LogP contribution in [0, 0.1) is 0 Å². The molecule has 1 saturated carbocycles. The predicted molar refractivity (Wildman–Crippen MR) is 114 cm³/mol. The molecule has 30 heavy (non-hydrogen) atoms. The molecule has 1 N–H and O–H groups in total. The standard InChI is InChI=1S/C22H24N2O5S/c1-3-14-24(19-9-5-4-6-10-19)30(27,28)20-11-7-8-17(15-20)22(26)29-16(2)21(25)23-18-12-13-18/h3-11,15-16,18H,1,12-14H2,2H3,(H,23,25). The minimum Gasteiger partial charge on any atom is -0.449 e. The van der Waals surface area contributed by atoms with E-state index < -0.39 is 22.1 Å². The van der Waals surface area contributed by atoms with Gasteiger partial charge < -0.3 is 10.1 Å². The maximum absolute atomic E-state index is 13.2. The molecule has 8 heteroatoms. The van der Waals surface area contributed by atoms with Gasteiger partial charge in [0.2, 0.25) is 0 Å². The molecule has 0 saturated heterocycles. The molecule has 0 bridgehead atoms. The number of nitrogens with zero attached hydrogens (tertiary/aromatic N) is 1. The van der Waals surface area contributed by atoms with E-state index in [1.165, 1.54) is 41.6 Å². The van der Waals surface area contributed by atoms with Crippen LogP contribution >= 0.6 is 0 Å². The van der Waals surface area contributed by atoms with E-state index in [2.05, 4.69) is 11.9 Å². The molecule has 3 rings (SSSR count). The molecule has 0 radical (unpaired) electrons. The maximum atomic E-state index is 13.2. The number of anilines is 1. The third kappa shape index (κ3) is 5.07. The summed E-state index contributed by atoms with van der Waals surface area (Å²) < 4.78 is 32.9. The minimum atomic E-state index is -3.95. The number of esters is 1. The lowest BCUT2D eigenvalue weighted by Gasteiger charge is -2.23. The van der Waals surface area contributed by atoms with Crippen LogP contribution in [0.1, 0.15) is 30.1 Å². The monoisotopic (exact) mass is 428 g/mol. The Labute approximate surface area is 176 Å². The topological polar surface area (TPSA) is 92.8 Å². The van der Waals surface area contributed by atoms with Gasteiger partial charge in [-0.1, -0.05) is 30.3 Å². The normalized spacial score (nSPS) is 14.4. The second kappa shape index (κ2) is 9.13. The second-order valence-electron chi connectivity index (χ2n) is 7.02. The van der Waals surface area contributed by atoms with E-state index in [4.69, 9.17) is 4.74 Å². The summed E-state index contributed by atoms with van der Waals surface area (Å²) in [4.78, 5) is 24.4. The van der Waals surface area contributed by atoms with Crippen LogP contribution in [0.4, 0.5) is 5.69 Å². The number of amides is 1. The number of rotatable bonds is 9. The summed E-state index contributed by atoms with van der Waals surface area (Å²) in [5, 5.41) is 2.77. The summed E-state index contributed by atoms with van der Waals surface area (Å²) in [7, 11) is -3.95. The molecule has 1 atom stereocenters. The van der Waals surface area contributed by atoms with Crippen LogP contribution in [0.15, 0.2) is 72.1 Å². The molecule has 1 aliphatic rings. The number of ether oxygens (including phenoxy) is 1. The van der Waals surface area contributed by atoms with Crippen LogP contribution in [0.25, 0.3) is 0 Å². The lowest BCUT2D eigenvalue weighted by Crippen LogP contribution is -2.37. The third-order valence-corrected chi connectivity index (χ3v) is 6.36. The van der Waals surface area contributed by atoms with E-state index in [0.717, 1.165) is 12.8 Å². The molecule has 1 unspecified atom stereocenters. The number of benzene rings is 2. The highest BCUT2D eigenvalue weighted by Crippen LogP contribution is 2.24. The molecular weight excluding hydrogens is 404 g/mol. The molecule has 2 aromatic carbocycles. The van der Waals surface area contributed by atoms with Crippen LogP contribution < -0.4 is 9.62 Å². The molecule has 0 aliphatic heterocycles. The molecule has 1 aliphatic carbocycles. The first-order valence-corrected chi connectivity index (χ1v) is 11.1. The quantitative estimate of drug-likeness (QED) is 0.490. The van der Waals surface area contributed by atoms with Gasteiger partial charge in [0.15, 0.2) is 6.10 Å². The van der Waals surface area contributed by atoms with Gasteiger partial charge in [-0.25, -0.2) is 13.2 Å². The highest BCUT2D eigenvalue weighted by Gasteiger charge is 2.28. The SMILES string of the molecule is C=CCN(c1ccccc1)S(=O)(=O)c1cccc(C(=O)OC(C)C(=O)NC2CC2)c1. The molecule has 7 nitrogen and oxygen atoms in total. The lowest BCUT2D eigenvalue weighted by molar-refractivity contribution is -0.129. The Bertz CT molecular complexity index is 1030. The van der Waals surface area contributed by atoms with Gasteiger partial charge in [0, 0.05) is 6.04 Å². The lowest BCUT2D eigenvalue weighted by atomic mass is 10.2. The number of sulfonamides is 1. The Morgan fingerprint density at radius 2 is 1.90 bits per heavy atom. The van der Waals surface area contributed by atoms with Crippen molar-refractivity contribution >= 4 is 27.6 Å². The van der Waals surface area contributed by atoms with E-state index in [-0.39, 0.29) is 29.0 Å². The first-order chi connectivity index (χ1) is 14.3. The van der Waals surface area contributed by atoms with Crippen LogP contribution in [0.5, 0.6) is 0 Å². The fourth-order valence-corrected chi connectivity index (χ4v) is 4.27. The fourth-order valence-electron chi connectivity index (χ4n) is 2.79. The summed E-state index contributed by atoms with van der Waals surface area (Å²) in [5.74, 6) is -1.13.